The molecule has 0 aliphatic heterocycles. The number of benzene rings is 3. The zero-order valence-corrected chi connectivity index (χ0v) is 29.4. The number of amides is 1. The summed E-state index contributed by atoms with van der Waals surface area (Å²) in [5.41, 5.74) is 3.14. The minimum Gasteiger partial charge on any atom is -0.494 e. The number of carbonyl (C=O) groups excluding carboxylic acids is 1. The smallest absolute Gasteiger partial charge is 0.407 e. The van der Waals surface area contributed by atoms with E-state index in [9.17, 15) is 4.79 Å². The van der Waals surface area contributed by atoms with Gasteiger partial charge in [0.15, 0.2) is 0 Å². The average Bonchev–Trinajstić information content (AvgIpc) is 3.01. The first-order valence-electron chi connectivity index (χ1n) is 17.2. The maximum absolute atomic E-state index is 11.8. The molecule has 0 saturated carbocycles. The van der Waals surface area contributed by atoms with Crippen molar-refractivity contribution in [2.24, 2.45) is 0 Å². The Kier molecular flexibility index (Phi) is 15.4. The molecule has 0 unspecified atom stereocenters. The first kappa shape index (κ1) is 37.0. The molecule has 252 valence electrons. The number of carbonyl (C=O) groups is 1. The summed E-state index contributed by atoms with van der Waals surface area (Å²) in [5, 5.41) is 2.84. The van der Waals surface area contributed by atoms with Gasteiger partial charge in [-0.15, -0.1) is 0 Å². The van der Waals surface area contributed by atoms with E-state index in [1.165, 1.54) is 11.1 Å². The molecule has 3 rings (SSSR count). The van der Waals surface area contributed by atoms with Gasteiger partial charge in [0.2, 0.25) is 0 Å². The lowest BCUT2D eigenvalue weighted by molar-refractivity contribution is 0.0527. The Morgan fingerprint density at radius 2 is 1.41 bits per heavy atom. The molecule has 0 radical (unpaired) electrons. The second-order valence-corrected chi connectivity index (χ2v) is 13.7. The second kappa shape index (κ2) is 19.2. The molecule has 6 nitrogen and oxygen atoms in total. The molecule has 0 bridgehead atoms. The largest absolute Gasteiger partial charge is 0.494 e. The fraction of sp³-hybridized carbons (Fsp3) is 0.525. The van der Waals surface area contributed by atoms with Crippen LogP contribution >= 0.6 is 0 Å². The van der Waals surface area contributed by atoms with E-state index < -0.39 is 5.60 Å². The van der Waals surface area contributed by atoms with Gasteiger partial charge in [-0.2, -0.15) is 0 Å². The van der Waals surface area contributed by atoms with Gasteiger partial charge in [0.1, 0.15) is 23.7 Å². The van der Waals surface area contributed by atoms with Gasteiger partial charge in [-0.3, -0.25) is 4.90 Å². The van der Waals surface area contributed by atoms with Crippen LogP contribution in [-0.2, 0) is 11.3 Å². The summed E-state index contributed by atoms with van der Waals surface area (Å²) in [6, 6.07) is 28.4. The fourth-order valence-electron chi connectivity index (χ4n) is 5.79. The highest BCUT2D eigenvalue weighted by Gasteiger charge is 2.23. The van der Waals surface area contributed by atoms with Crippen LogP contribution in [0, 0.1) is 0 Å². The van der Waals surface area contributed by atoms with Crippen molar-refractivity contribution >= 4 is 6.09 Å². The normalized spacial score (nSPS) is 12.4. The van der Waals surface area contributed by atoms with Crippen LogP contribution in [0.5, 0.6) is 11.5 Å². The number of unbranched alkanes of at least 4 members (excludes halogenated alkanes) is 4. The standard InChI is InChI=1S/C40H58N2O4/c1-31(2)42(32(3)4)27-25-36(34-21-15-12-16-22-34)37-29-35(23-24-38(37)45-30-33-19-13-11-14-20-33)44-28-18-10-8-9-17-26-41-39(43)46-40(5,6)7/h11-16,19-24,29,31-32,36H,8-10,17-18,25-28,30H2,1-7H3,(H,41,43)/t36-/m1/s1. The number of nitrogens with zero attached hydrogens (tertiary/aromatic N) is 1. The average molecular weight is 631 g/mol. The summed E-state index contributed by atoms with van der Waals surface area (Å²) < 4.78 is 18.1. The van der Waals surface area contributed by atoms with Crippen molar-refractivity contribution in [1.29, 1.82) is 0 Å². The quantitative estimate of drug-likeness (QED) is 0.134. The van der Waals surface area contributed by atoms with E-state index in [4.69, 9.17) is 14.2 Å². The molecule has 0 aliphatic carbocycles. The third-order valence-electron chi connectivity index (χ3n) is 8.06. The van der Waals surface area contributed by atoms with Gasteiger partial charge in [0, 0.05) is 30.1 Å². The van der Waals surface area contributed by atoms with E-state index in [0.29, 0.717) is 31.8 Å². The predicted molar refractivity (Wildman–Crippen MR) is 190 cm³/mol. The van der Waals surface area contributed by atoms with Gasteiger partial charge < -0.3 is 19.5 Å². The van der Waals surface area contributed by atoms with Crippen molar-refractivity contribution < 1.29 is 19.0 Å². The minimum absolute atomic E-state index is 0.171. The number of nitrogens with one attached hydrogen (secondary N) is 1. The van der Waals surface area contributed by atoms with Crippen LogP contribution in [0.2, 0.25) is 0 Å². The number of rotatable bonds is 19. The van der Waals surface area contributed by atoms with Crippen molar-refractivity contribution in [3.8, 4) is 11.5 Å². The van der Waals surface area contributed by atoms with Crippen LogP contribution in [0.1, 0.15) is 110 Å². The molecule has 0 spiro atoms. The van der Waals surface area contributed by atoms with Gasteiger partial charge in [0.25, 0.3) is 0 Å². The molecule has 0 fully saturated rings. The van der Waals surface area contributed by atoms with E-state index in [0.717, 1.165) is 62.1 Å². The number of hydrogen-bond acceptors (Lipinski definition) is 5. The molecule has 1 atom stereocenters. The molecule has 0 aliphatic rings. The first-order valence-corrected chi connectivity index (χ1v) is 17.2. The number of ether oxygens (including phenoxy) is 3. The summed E-state index contributed by atoms with van der Waals surface area (Å²) >= 11 is 0. The van der Waals surface area contributed by atoms with Crippen molar-refractivity contribution in [2.45, 2.75) is 117 Å². The molecule has 46 heavy (non-hydrogen) atoms. The Bertz CT molecular complexity index is 1260. The molecular weight excluding hydrogens is 572 g/mol. The first-order chi connectivity index (χ1) is 22.0. The van der Waals surface area contributed by atoms with Crippen LogP contribution in [0.15, 0.2) is 78.9 Å². The Morgan fingerprint density at radius 3 is 2.07 bits per heavy atom. The summed E-state index contributed by atoms with van der Waals surface area (Å²) in [4.78, 5) is 14.4. The zero-order valence-electron chi connectivity index (χ0n) is 29.4. The molecule has 0 aromatic heterocycles. The highest BCUT2D eigenvalue weighted by Crippen LogP contribution is 2.38. The van der Waals surface area contributed by atoms with Gasteiger partial charge in [-0.1, -0.05) is 79.9 Å². The maximum Gasteiger partial charge on any atom is 0.407 e. The molecule has 6 heteroatoms. The van der Waals surface area contributed by atoms with Crippen LogP contribution in [0.4, 0.5) is 4.79 Å². The SMILES string of the molecule is CC(C)N(CC[C@H](c1ccccc1)c1cc(OCCCCCCCNC(=O)OC(C)(C)C)ccc1OCc1ccccc1)C(C)C. The van der Waals surface area contributed by atoms with Gasteiger partial charge in [-0.05, 0) is 104 Å². The monoisotopic (exact) mass is 630 g/mol. The molecule has 0 saturated heterocycles. The molecule has 1 amide bonds. The Morgan fingerprint density at radius 1 is 0.783 bits per heavy atom. The highest BCUT2D eigenvalue weighted by molar-refractivity contribution is 5.67. The lowest BCUT2D eigenvalue weighted by atomic mass is 9.87. The topological polar surface area (TPSA) is 60.0 Å². The highest BCUT2D eigenvalue weighted by atomic mass is 16.6. The fourth-order valence-corrected chi connectivity index (χ4v) is 5.79. The van der Waals surface area contributed by atoms with Gasteiger partial charge in [0.05, 0.1) is 6.61 Å². The van der Waals surface area contributed by atoms with Gasteiger partial charge in [-0.25, -0.2) is 4.79 Å². The van der Waals surface area contributed by atoms with E-state index in [1.54, 1.807) is 0 Å². The summed E-state index contributed by atoms with van der Waals surface area (Å²) in [7, 11) is 0. The lowest BCUT2D eigenvalue weighted by Crippen LogP contribution is -2.38. The Labute approximate surface area is 278 Å². The predicted octanol–water partition coefficient (Wildman–Crippen LogP) is 9.76. The van der Waals surface area contributed by atoms with E-state index >= 15 is 0 Å². The summed E-state index contributed by atoms with van der Waals surface area (Å²) in [6.45, 7) is 17.6. The van der Waals surface area contributed by atoms with Crippen LogP contribution in [-0.4, -0.2) is 48.4 Å². The third-order valence-corrected chi connectivity index (χ3v) is 8.06. The molecular formula is C40H58N2O4. The van der Waals surface area contributed by atoms with Crippen LogP contribution in [0.25, 0.3) is 0 Å². The van der Waals surface area contributed by atoms with Crippen LogP contribution < -0.4 is 14.8 Å². The second-order valence-electron chi connectivity index (χ2n) is 13.7. The van der Waals surface area contributed by atoms with Crippen molar-refractivity contribution in [1.82, 2.24) is 10.2 Å². The Hall–Kier alpha value is -3.51. The lowest BCUT2D eigenvalue weighted by Gasteiger charge is -2.32. The van der Waals surface area contributed by atoms with Crippen molar-refractivity contribution in [3.05, 3.63) is 95.6 Å². The molecule has 3 aromatic rings. The Balaban J connectivity index is 1.65. The van der Waals surface area contributed by atoms with E-state index in [-0.39, 0.29) is 12.0 Å². The summed E-state index contributed by atoms with van der Waals surface area (Å²) in [6.07, 6.45) is 5.83. The molecule has 0 heterocycles. The molecule has 1 N–H and O–H groups in total. The van der Waals surface area contributed by atoms with Crippen molar-refractivity contribution in [3.63, 3.8) is 0 Å². The third kappa shape index (κ3) is 13.5. The van der Waals surface area contributed by atoms with Crippen LogP contribution in [0.3, 0.4) is 0 Å². The number of alkyl carbamates (subject to hydrolysis) is 1. The van der Waals surface area contributed by atoms with E-state index in [2.05, 4.69) is 105 Å². The summed E-state index contributed by atoms with van der Waals surface area (Å²) in [5.74, 6) is 1.96. The van der Waals surface area contributed by atoms with E-state index in [1.807, 2.05) is 32.9 Å². The molecule has 3 aromatic carbocycles. The minimum atomic E-state index is -0.467. The number of hydrogen-bond donors (Lipinski definition) is 1. The zero-order chi connectivity index (χ0) is 33.4. The maximum atomic E-state index is 11.8. The van der Waals surface area contributed by atoms with Crippen molar-refractivity contribution in [2.75, 3.05) is 19.7 Å². The van der Waals surface area contributed by atoms with Gasteiger partial charge >= 0.3 is 6.09 Å².